The summed E-state index contributed by atoms with van der Waals surface area (Å²) >= 11 is 3.45. The average molecular weight is 502 g/mol. The van der Waals surface area contributed by atoms with Crippen molar-refractivity contribution in [3.63, 3.8) is 0 Å². The van der Waals surface area contributed by atoms with E-state index in [1.54, 1.807) is 10.9 Å². The Labute approximate surface area is 198 Å². The number of carbonyl (C=O) groups is 1. The van der Waals surface area contributed by atoms with E-state index in [0.717, 1.165) is 21.8 Å². The first kappa shape index (κ1) is 21.2. The lowest BCUT2D eigenvalue weighted by Crippen LogP contribution is -2.16. The highest BCUT2D eigenvalue weighted by Crippen LogP contribution is 2.28. The Bertz CT molecular complexity index is 1420. The standard InChI is InChI=1S/C26H20BrN3O3/c1-17-24(25(31)26-29-16-23(33-26)21-7-4-5-14-28-21)20-6-2-3-8-22(20)30(17)32-15-13-18-9-11-19(27)12-10-18/h2-12,14,16H,13,15H2,1H3. The summed E-state index contributed by atoms with van der Waals surface area (Å²) in [6.45, 7) is 2.34. The lowest BCUT2D eigenvalue weighted by atomic mass is 10.1. The van der Waals surface area contributed by atoms with Gasteiger partial charge in [0.05, 0.1) is 23.0 Å². The number of hydrogen-bond acceptors (Lipinski definition) is 5. The molecule has 0 spiro atoms. The Morgan fingerprint density at radius 3 is 2.61 bits per heavy atom. The largest absolute Gasteiger partial charge is 0.432 e. The van der Waals surface area contributed by atoms with E-state index in [1.807, 2.05) is 61.5 Å². The van der Waals surface area contributed by atoms with Crippen LogP contribution in [-0.2, 0) is 6.42 Å². The van der Waals surface area contributed by atoms with Crippen LogP contribution < -0.4 is 4.84 Å². The smallest absolute Gasteiger partial charge is 0.268 e. The molecule has 0 aliphatic carbocycles. The van der Waals surface area contributed by atoms with Crippen LogP contribution in [0.25, 0.3) is 22.4 Å². The van der Waals surface area contributed by atoms with Crippen molar-refractivity contribution in [2.45, 2.75) is 13.3 Å². The molecule has 33 heavy (non-hydrogen) atoms. The Morgan fingerprint density at radius 1 is 1.03 bits per heavy atom. The van der Waals surface area contributed by atoms with Gasteiger partial charge in [-0.05, 0) is 42.8 Å². The molecule has 0 unspecified atom stereocenters. The topological polar surface area (TPSA) is 70.2 Å². The number of pyridine rings is 1. The number of rotatable bonds is 7. The van der Waals surface area contributed by atoms with Gasteiger partial charge < -0.3 is 9.25 Å². The molecule has 0 fully saturated rings. The predicted molar refractivity (Wildman–Crippen MR) is 129 cm³/mol. The fourth-order valence-electron chi connectivity index (χ4n) is 3.81. The molecule has 0 N–H and O–H groups in total. The van der Waals surface area contributed by atoms with Crippen molar-refractivity contribution in [2.24, 2.45) is 0 Å². The van der Waals surface area contributed by atoms with Gasteiger partial charge in [0, 0.05) is 22.5 Å². The van der Waals surface area contributed by atoms with Crippen molar-refractivity contribution in [3.8, 4) is 11.5 Å². The third-order valence-corrected chi connectivity index (χ3v) is 5.96. The normalized spacial score (nSPS) is 11.1. The van der Waals surface area contributed by atoms with Gasteiger partial charge in [-0.3, -0.25) is 9.78 Å². The first-order valence-corrected chi connectivity index (χ1v) is 11.3. The van der Waals surface area contributed by atoms with Crippen molar-refractivity contribution in [1.82, 2.24) is 14.7 Å². The van der Waals surface area contributed by atoms with Crippen LogP contribution in [0.5, 0.6) is 0 Å². The number of halogens is 1. The Hall–Kier alpha value is -3.71. The molecule has 0 bridgehead atoms. The van der Waals surface area contributed by atoms with E-state index in [0.29, 0.717) is 29.3 Å². The average Bonchev–Trinajstić information content (AvgIpc) is 3.44. The fourth-order valence-corrected chi connectivity index (χ4v) is 4.08. The second-order valence-electron chi connectivity index (χ2n) is 7.56. The second-order valence-corrected chi connectivity index (χ2v) is 8.47. The van der Waals surface area contributed by atoms with Gasteiger partial charge in [0.25, 0.3) is 11.7 Å². The predicted octanol–water partition coefficient (Wildman–Crippen LogP) is 5.66. The summed E-state index contributed by atoms with van der Waals surface area (Å²) < 4.78 is 8.54. The zero-order chi connectivity index (χ0) is 22.8. The van der Waals surface area contributed by atoms with Crippen molar-refractivity contribution >= 4 is 32.6 Å². The third-order valence-electron chi connectivity index (χ3n) is 5.43. The lowest BCUT2D eigenvalue weighted by Gasteiger charge is -2.11. The van der Waals surface area contributed by atoms with Crippen LogP contribution in [0.3, 0.4) is 0 Å². The van der Waals surface area contributed by atoms with Crippen molar-refractivity contribution in [3.05, 3.63) is 106 Å². The van der Waals surface area contributed by atoms with Crippen LogP contribution in [0.4, 0.5) is 0 Å². The Balaban J connectivity index is 1.44. The minimum Gasteiger partial charge on any atom is -0.432 e. The maximum Gasteiger partial charge on any atom is 0.268 e. The molecule has 6 nitrogen and oxygen atoms in total. The van der Waals surface area contributed by atoms with Crippen molar-refractivity contribution in [2.75, 3.05) is 6.61 Å². The number of ketones is 1. The molecular formula is C26H20BrN3O3. The van der Waals surface area contributed by atoms with E-state index < -0.39 is 0 Å². The molecule has 0 saturated heterocycles. The summed E-state index contributed by atoms with van der Waals surface area (Å²) in [6, 6.07) is 21.3. The van der Waals surface area contributed by atoms with E-state index in [9.17, 15) is 4.79 Å². The molecular weight excluding hydrogens is 482 g/mol. The van der Waals surface area contributed by atoms with Crippen LogP contribution in [-0.4, -0.2) is 27.1 Å². The van der Waals surface area contributed by atoms with E-state index >= 15 is 0 Å². The Kier molecular flexibility index (Phi) is 5.79. The van der Waals surface area contributed by atoms with Gasteiger partial charge in [-0.1, -0.05) is 52.3 Å². The number of benzene rings is 2. The van der Waals surface area contributed by atoms with Gasteiger partial charge in [0.15, 0.2) is 5.76 Å². The number of hydrogen-bond donors (Lipinski definition) is 0. The zero-order valence-electron chi connectivity index (χ0n) is 17.9. The maximum atomic E-state index is 13.4. The molecule has 3 aromatic heterocycles. The van der Waals surface area contributed by atoms with Gasteiger partial charge in [-0.25, -0.2) is 4.98 Å². The van der Waals surface area contributed by atoms with Gasteiger partial charge in [-0.2, -0.15) is 4.73 Å². The van der Waals surface area contributed by atoms with Gasteiger partial charge >= 0.3 is 0 Å². The van der Waals surface area contributed by atoms with Gasteiger partial charge in [0.2, 0.25) is 0 Å². The summed E-state index contributed by atoms with van der Waals surface area (Å²) in [5.41, 5.74) is 3.84. The van der Waals surface area contributed by atoms with Crippen LogP contribution >= 0.6 is 15.9 Å². The van der Waals surface area contributed by atoms with Crippen LogP contribution in [0, 0.1) is 6.92 Å². The highest BCUT2D eigenvalue weighted by atomic mass is 79.9. The number of nitrogens with zero attached hydrogens (tertiary/aromatic N) is 3. The maximum absolute atomic E-state index is 13.4. The first-order chi connectivity index (χ1) is 16.1. The minimum absolute atomic E-state index is 0.0246. The molecule has 5 aromatic rings. The number of para-hydroxylation sites is 1. The molecule has 0 amide bonds. The SMILES string of the molecule is Cc1c(C(=O)c2ncc(-c3ccccn3)o2)c2ccccc2n1OCCc1ccc(Br)cc1. The van der Waals surface area contributed by atoms with E-state index in [1.165, 1.54) is 11.8 Å². The second kappa shape index (κ2) is 9.03. The van der Waals surface area contributed by atoms with Gasteiger partial charge in [0.1, 0.15) is 12.3 Å². The summed E-state index contributed by atoms with van der Waals surface area (Å²) in [7, 11) is 0. The summed E-state index contributed by atoms with van der Waals surface area (Å²) in [5.74, 6) is 0.184. The number of oxazole rings is 1. The molecule has 0 saturated carbocycles. The van der Waals surface area contributed by atoms with Crippen LogP contribution in [0.2, 0.25) is 0 Å². The molecule has 164 valence electrons. The van der Waals surface area contributed by atoms with E-state index in [2.05, 4.69) is 38.0 Å². The third kappa shape index (κ3) is 4.19. The molecule has 7 heteroatoms. The van der Waals surface area contributed by atoms with E-state index in [-0.39, 0.29) is 11.7 Å². The molecule has 0 radical (unpaired) electrons. The molecule has 3 heterocycles. The number of fused-ring (bicyclic) bond motifs is 1. The summed E-state index contributed by atoms with van der Waals surface area (Å²) in [6.07, 6.45) is 3.94. The van der Waals surface area contributed by atoms with Crippen molar-refractivity contribution < 1.29 is 14.0 Å². The highest BCUT2D eigenvalue weighted by molar-refractivity contribution is 9.10. The number of aromatic nitrogens is 3. The van der Waals surface area contributed by atoms with E-state index in [4.69, 9.17) is 9.25 Å². The monoisotopic (exact) mass is 501 g/mol. The van der Waals surface area contributed by atoms with Crippen LogP contribution in [0.15, 0.2) is 88.0 Å². The van der Waals surface area contributed by atoms with Crippen molar-refractivity contribution in [1.29, 1.82) is 0 Å². The highest BCUT2D eigenvalue weighted by Gasteiger charge is 2.25. The summed E-state index contributed by atoms with van der Waals surface area (Å²) in [4.78, 5) is 28.0. The number of carbonyl (C=O) groups excluding carboxylic acids is 1. The molecule has 0 aliphatic heterocycles. The lowest BCUT2D eigenvalue weighted by molar-refractivity contribution is 0.0992. The molecule has 0 atom stereocenters. The van der Waals surface area contributed by atoms with Gasteiger partial charge in [-0.15, -0.1) is 0 Å². The molecule has 2 aromatic carbocycles. The quantitative estimate of drug-likeness (QED) is 0.269. The fraction of sp³-hybridized carbons (Fsp3) is 0.115. The Morgan fingerprint density at radius 2 is 1.82 bits per heavy atom. The summed E-state index contributed by atoms with van der Waals surface area (Å²) in [5, 5.41) is 0.793. The first-order valence-electron chi connectivity index (χ1n) is 10.5. The molecule has 5 rings (SSSR count). The van der Waals surface area contributed by atoms with Crippen LogP contribution in [0.1, 0.15) is 27.5 Å². The minimum atomic E-state index is -0.291. The molecule has 0 aliphatic rings. The zero-order valence-corrected chi connectivity index (χ0v) is 19.5.